The quantitative estimate of drug-likeness (QED) is 0.722. The fourth-order valence-electron chi connectivity index (χ4n) is 2.35. The monoisotopic (exact) mass is 277 g/mol. The summed E-state index contributed by atoms with van der Waals surface area (Å²) in [7, 11) is 0. The van der Waals surface area contributed by atoms with Gasteiger partial charge in [0.05, 0.1) is 6.20 Å². The van der Waals surface area contributed by atoms with Gasteiger partial charge in [-0.1, -0.05) is 60.7 Å². The lowest BCUT2D eigenvalue weighted by Gasteiger charge is -2.15. The molecule has 3 N–H and O–H groups in total. The number of aliphatic hydroxyl groups is 1. The summed E-state index contributed by atoms with van der Waals surface area (Å²) in [4.78, 5) is 0. The van der Waals surface area contributed by atoms with Crippen LogP contribution in [0.4, 0.5) is 0 Å². The molecule has 0 bridgehead atoms. The predicted octanol–water partition coefficient (Wildman–Crippen LogP) is 2.76. The lowest BCUT2D eigenvalue weighted by atomic mass is 9.96. The number of aromatic nitrogens is 2. The van der Waals surface area contributed by atoms with Gasteiger partial charge in [0.2, 0.25) is 0 Å². The van der Waals surface area contributed by atoms with Gasteiger partial charge in [-0.2, -0.15) is 10.2 Å². The van der Waals surface area contributed by atoms with Crippen LogP contribution < -0.4 is 5.73 Å². The van der Waals surface area contributed by atoms with Gasteiger partial charge < -0.3 is 10.8 Å². The standard InChI is InChI=1S/C17H15N3O/c18-17(21)15-14(12-7-3-1-4-8-12)11-19-20-16(15)13-9-5-2-6-10-13/h1-11,17,21H,18H2. The summed E-state index contributed by atoms with van der Waals surface area (Å²) in [5.74, 6) is 0. The molecule has 0 spiro atoms. The first-order chi connectivity index (χ1) is 10.3. The Morgan fingerprint density at radius 1 is 0.857 bits per heavy atom. The van der Waals surface area contributed by atoms with Crippen molar-refractivity contribution >= 4 is 0 Å². The lowest BCUT2D eigenvalue weighted by Crippen LogP contribution is -2.13. The predicted molar refractivity (Wildman–Crippen MR) is 82.1 cm³/mol. The van der Waals surface area contributed by atoms with Gasteiger partial charge >= 0.3 is 0 Å². The van der Waals surface area contributed by atoms with Crippen LogP contribution in [0.5, 0.6) is 0 Å². The molecule has 0 aliphatic carbocycles. The third kappa shape index (κ3) is 2.67. The zero-order valence-electron chi connectivity index (χ0n) is 11.3. The number of hydrogen-bond donors (Lipinski definition) is 2. The molecular formula is C17H15N3O. The minimum absolute atomic E-state index is 0.586. The van der Waals surface area contributed by atoms with E-state index in [1.165, 1.54) is 0 Å². The normalized spacial score (nSPS) is 12.1. The lowest BCUT2D eigenvalue weighted by molar-refractivity contribution is 0.187. The van der Waals surface area contributed by atoms with Crippen LogP contribution in [-0.4, -0.2) is 15.3 Å². The van der Waals surface area contributed by atoms with E-state index in [0.717, 1.165) is 16.7 Å². The van der Waals surface area contributed by atoms with Crippen molar-refractivity contribution in [2.45, 2.75) is 6.23 Å². The van der Waals surface area contributed by atoms with Crippen LogP contribution >= 0.6 is 0 Å². The summed E-state index contributed by atoms with van der Waals surface area (Å²) in [6.45, 7) is 0. The minimum atomic E-state index is -1.12. The number of aliphatic hydroxyl groups excluding tert-OH is 1. The van der Waals surface area contributed by atoms with Gasteiger partial charge in [0, 0.05) is 16.7 Å². The van der Waals surface area contributed by atoms with Gasteiger partial charge in [0.1, 0.15) is 11.9 Å². The molecule has 4 heteroatoms. The molecule has 4 nitrogen and oxygen atoms in total. The molecule has 1 atom stereocenters. The van der Waals surface area contributed by atoms with E-state index >= 15 is 0 Å². The van der Waals surface area contributed by atoms with Crippen molar-refractivity contribution in [2.24, 2.45) is 5.73 Å². The van der Waals surface area contributed by atoms with E-state index in [-0.39, 0.29) is 0 Å². The molecule has 0 saturated heterocycles. The van der Waals surface area contributed by atoms with Crippen LogP contribution in [0.25, 0.3) is 22.4 Å². The van der Waals surface area contributed by atoms with Crippen molar-refractivity contribution in [1.29, 1.82) is 0 Å². The highest BCUT2D eigenvalue weighted by Gasteiger charge is 2.18. The van der Waals surface area contributed by atoms with Crippen molar-refractivity contribution in [2.75, 3.05) is 0 Å². The van der Waals surface area contributed by atoms with Crippen molar-refractivity contribution in [1.82, 2.24) is 10.2 Å². The molecule has 21 heavy (non-hydrogen) atoms. The Bertz CT molecular complexity index is 670. The number of hydrogen-bond acceptors (Lipinski definition) is 4. The topological polar surface area (TPSA) is 72.0 Å². The van der Waals surface area contributed by atoms with Crippen molar-refractivity contribution < 1.29 is 5.11 Å². The van der Waals surface area contributed by atoms with Crippen LogP contribution in [-0.2, 0) is 0 Å². The molecule has 3 aromatic rings. The van der Waals surface area contributed by atoms with E-state index in [0.29, 0.717) is 11.3 Å². The third-order valence-corrected chi connectivity index (χ3v) is 3.32. The van der Waals surface area contributed by atoms with Gasteiger partial charge in [0.25, 0.3) is 0 Å². The summed E-state index contributed by atoms with van der Waals surface area (Å²) >= 11 is 0. The molecule has 104 valence electrons. The summed E-state index contributed by atoms with van der Waals surface area (Å²) in [5.41, 5.74) is 9.58. The molecule has 0 fully saturated rings. The SMILES string of the molecule is NC(O)c1c(-c2ccccc2)cnnc1-c1ccccc1. The van der Waals surface area contributed by atoms with Crippen LogP contribution in [0.3, 0.4) is 0 Å². The highest BCUT2D eigenvalue weighted by atomic mass is 16.3. The molecular weight excluding hydrogens is 262 g/mol. The van der Waals surface area contributed by atoms with Crippen LogP contribution in [0.15, 0.2) is 66.9 Å². The Kier molecular flexibility index (Phi) is 3.73. The van der Waals surface area contributed by atoms with E-state index in [9.17, 15) is 5.11 Å². The fourth-order valence-corrected chi connectivity index (χ4v) is 2.35. The molecule has 0 aliphatic rings. The first kappa shape index (κ1) is 13.4. The number of benzene rings is 2. The third-order valence-electron chi connectivity index (χ3n) is 3.32. The second kappa shape index (κ2) is 5.83. The highest BCUT2D eigenvalue weighted by Crippen LogP contribution is 2.32. The van der Waals surface area contributed by atoms with Gasteiger partial charge in [-0.3, -0.25) is 0 Å². The van der Waals surface area contributed by atoms with E-state index < -0.39 is 6.23 Å². The molecule has 2 aromatic carbocycles. The van der Waals surface area contributed by atoms with Crippen LogP contribution in [0.1, 0.15) is 11.8 Å². The van der Waals surface area contributed by atoms with Gasteiger partial charge in [-0.25, -0.2) is 0 Å². The highest BCUT2D eigenvalue weighted by molar-refractivity contribution is 5.75. The van der Waals surface area contributed by atoms with E-state index in [1.54, 1.807) is 6.20 Å². The summed E-state index contributed by atoms with van der Waals surface area (Å²) in [6.07, 6.45) is 0.513. The minimum Gasteiger partial charge on any atom is -0.374 e. The molecule has 1 aromatic heterocycles. The first-order valence-electron chi connectivity index (χ1n) is 6.67. The first-order valence-corrected chi connectivity index (χ1v) is 6.67. The number of nitrogens with zero attached hydrogens (tertiary/aromatic N) is 2. The second-order valence-corrected chi connectivity index (χ2v) is 4.70. The van der Waals surface area contributed by atoms with Gasteiger partial charge in [0.15, 0.2) is 0 Å². The van der Waals surface area contributed by atoms with E-state index in [1.807, 2.05) is 60.7 Å². The van der Waals surface area contributed by atoms with Crippen molar-refractivity contribution in [3.63, 3.8) is 0 Å². The average molecular weight is 277 g/mol. The average Bonchev–Trinajstić information content (AvgIpc) is 2.55. The van der Waals surface area contributed by atoms with Gasteiger partial charge in [-0.05, 0) is 5.56 Å². The van der Waals surface area contributed by atoms with Crippen molar-refractivity contribution in [3.05, 3.63) is 72.4 Å². The van der Waals surface area contributed by atoms with Crippen LogP contribution in [0, 0.1) is 0 Å². The molecule has 3 rings (SSSR count). The Balaban J connectivity index is 2.24. The maximum Gasteiger partial charge on any atom is 0.131 e. The molecule has 0 radical (unpaired) electrons. The Labute approximate surface area is 122 Å². The molecule has 1 unspecified atom stereocenters. The zero-order valence-corrected chi connectivity index (χ0v) is 11.3. The number of rotatable bonds is 3. The second-order valence-electron chi connectivity index (χ2n) is 4.70. The molecule has 0 aliphatic heterocycles. The van der Waals surface area contributed by atoms with Crippen LogP contribution in [0.2, 0.25) is 0 Å². The Hall–Kier alpha value is -2.56. The largest absolute Gasteiger partial charge is 0.374 e. The molecule has 0 amide bonds. The molecule has 1 heterocycles. The van der Waals surface area contributed by atoms with Crippen molar-refractivity contribution in [3.8, 4) is 22.4 Å². The maximum atomic E-state index is 10.0. The summed E-state index contributed by atoms with van der Waals surface area (Å²) in [6, 6.07) is 19.3. The smallest absolute Gasteiger partial charge is 0.131 e. The number of nitrogens with two attached hydrogens (primary N) is 1. The Morgan fingerprint density at radius 3 is 2.00 bits per heavy atom. The van der Waals surface area contributed by atoms with Gasteiger partial charge in [-0.15, -0.1) is 0 Å². The zero-order chi connectivity index (χ0) is 14.7. The van der Waals surface area contributed by atoms with E-state index in [4.69, 9.17) is 5.73 Å². The molecule has 0 saturated carbocycles. The maximum absolute atomic E-state index is 10.0. The van der Waals surface area contributed by atoms with E-state index in [2.05, 4.69) is 10.2 Å². The fraction of sp³-hybridized carbons (Fsp3) is 0.0588. The summed E-state index contributed by atoms with van der Waals surface area (Å²) < 4.78 is 0. The Morgan fingerprint density at radius 2 is 1.43 bits per heavy atom. The summed E-state index contributed by atoms with van der Waals surface area (Å²) in [5, 5.41) is 18.2.